The number of nitrogens with zero attached hydrogens (tertiary/aromatic N) is 3. The third-order valence-corrected chi connectivity index (χ3v) is 5.32. The Balaban J connectivity index is 1.75. The Labute approximate surface area is 157 Å². The number of fused-ring (bicyclic) bond motifs is 1. The van der Waals surface area contributed by atoms with Crippen molar-refractivity contribution < 1.29 is 0 Å². The Hall–Kier alpha value is -1.56. The molecule has 122 valence electrons. The summed E-state index contributed by atoms with van der Waals surface area (Å²) in [5.41, 5.74) is 2.19. The smallest absolute Gasteiger partial charge is 0.222 e. The first-order valence-electron chi connectivity index (χ1n) is 7.48. The van der Waals surface area contributed by atoms with E-state index >= 15 is 0 Å². The van der Waals surface area contributed by atoms with Gasteiger partial charge in [0, 0.05) is 14.5 Å². The second-order valence-corrected chi connectivity index (χ2v) is 7.45. The molecule has 7 heteroatoms. The van der Waals surface area contributed by atoms with Crippen LogP contribution < -0.4 is 5.32 Å². The lowest BCUT2D eigenvalue weighted by atomic mass is 9.93. The summed E-state index contributed by atoms with van der Waals surface area (Å²) < 4.78 is 2.94. The maximum absolute atomic E-state index is 6.44. The molecule has 2 heterocycles. The van der Waals surface area contributed by atoms with Crippen LogP contribution in [-0.2, 0) is 0 Å². The van der Waals surface area contributed by atoms with Crippen LogP contribution in [0.25, 0.3) is 0 Å². The number of rotatable bonds is 2. The molecule has 4 nitrogen and oxygen atoms in total. The molecule has 0 radical (unpaired) electrons. The Morgan fingerprint density at radius 1 is 1.12 bits per heavy atom. The number of halogens is 3. The average Bonchev–Trinajstić information content (AvgIpc) is 3.03. The molecule has 2 aromatic carbocycles. The SMILES string of the molecule is Clc1ccc([C@H]2C[C@H](c3ccc(Br)cc3)Nc3ncnn32)c(Cl)c1. The molecular formula is C17H13BrCl2N4. The van der Waals surface area contributed by atoms with Gasteiger partial charge in [0.1, 0.15) is 6.33 Å². The predicted octanol–water partition coefficient (Wildman–Crippen LogP) is 5.49. The Bertz CT molecular complexity index is 879. The van der Waals surface area contributed by atoms with E-state index in [0.29, 0.717) is 10.0 Å². The van der Waals surface area contributed by atoms with E-state index in [1.807, 2.05) is 28.9 Å². The normalized spacial score (nSPS) is 19.6. The van der Waals surface area contributed by atoms with E-state index in [2.05, 4.69) is 43.5 Å². The van der Waals surface area contributed by atoms with E-state index in [1.54, 1.807) is 12.4 Å². The highest BCUT2D eigenvalue weighted by molar-refractivity contribution is 9.10. The quantitative estimate of drug-likeness (QED) is 0.592. The van der Waals surface area contributed by atoms with Gasteiger partial charge in [-0.15, -0.1) is 0 Å². The van der Waals surface area contributed by atoms with Crippen molar-refractivity contribution in [1.82, 2.24) is 14.8 Å². The van der Waals surface area contributed by atoms with E-state index in [1.165, 1.54) is 5.56 Å². The number of nitrogens with one attached hydrogen (secondary N) is 1. The van der Waals surface area contributed by atoms with Gasteiger partial charge in [0.15, 0.2) is 0 Å². The van der Waals surface area contributed by atoms with Gasteiger partial charge in [0.05, 0.1) is 12.1 Å². The summed E-state index contributed by atoms with van der Waals surface area (Å²) in [6, 6.07) is 14.0. The van der Waals surface area contributed by atoms with Crippen LogP contribution in [-0.4, -0.2) is 14.8 Å². The van der Waals surface area contributed by atoms with Crippen molar-refractivity contribution in [2.45, 2.75) is 18.5 Å². The Morgan fingerprint density at radius 3 is 2.67 bits per heavy atom. The second-order valence-electron chi connectivity index (χ2n) is 5.69. The van der Waals surface area contributed by atoms with Gasteiger partial charge in [-0.2, -0.15) is 10.1 Å². The van der Waals surface area contributed by atoms with Crippen LogP contribution >= 0.6 is 39.1 Å². The molecule has 2 atom stereocenters. The maximum atomic E-state index is 6.44. The molecule has 0 aliphatic carbocycles. The fourth-order valence-electron chi connectivity index (χ4n) is 3.06. The predicted molar refractivity (Wildman–Crippen MR) is 99.7 cm³/mol. The molecule has 4 rings (SSSR count). The first-order valence-corrected chi connectivity index (χ1v) is 9.03. The molecule has 3 aromatic rings. The zero-order valence-corrected chi connectivity index (χ0v) is 15.6. The Kier molecular flexibility index (Phi) is 4.24. The minimum Gasteiger partial charge on any atom is -0.348 e. The summed E-state index contributed by atoms with van der Waals surface area (Å²) in [7, 11) is 0. The highest BCUT2D eigenvalue weighted by Crippen LogP contribution is 2.40. The van der Waals surface area contributed by atoms with E-state index in [-0.39, 0.29) is 12.1 Å². The molecule has 0 fully saturated rings. The third kappa shape index (κ3) is 2.92. The van der Waals surface area contributed by atoms with Gasteiger partial charge in [-0.1, -0.05) is 57.3 Å². The van der Waals surface area contributed by atoms with Crippen molar-refractivity contribution in [3.8, 4) is 0 Å². The van der Waals surface area contributed by atoms with Gasteiger partial charge >= 0.3 is 0 Å². The lowest BCUT2D eigenvalue weighted by molar-refractivity contribution is 0.431. The van der Waals surface area contributed by atoms with Crippen LogP contribution in [0.15, 0.2) is 53.3 Å². The first kappa shape index (κ1) is 15.9. The van der Waals surface area contributed by atoms with Crippen molar-refractivity contribution in [2.75, 3.05) is 5.32 Å². The van der Waals surface area contributed by atoms with Crippen LogP contribution in [0, 0.1) is 0 Å². The van der Waals surface area contributed by atoms with Crippen LogP contribution in [0.1, 0.15) is 29.6 Å². The monoisotopic (exact) mass is 422 g/mol. The number of hydrogen-bond donors (Lipinski definition) is 1. The molecule has 1 aliphatic heterocycles. The molecule has 0 bridgehead atoms. The number of benzene rings is 2. The van der Waals surface area contributed by atoms with Crippen LogP contribution in [0.5, 0.6) is 0 Å². The van der Waals surface area contributed by atoms with Crippen LogP contribution in [0.4, 0.5) is 5.95 Å². The summed E-state index contributed by atoms with van der Waals surface area (Å²) in [6.45, 7) is 0. The molecule has 0 saturated heterocycles. The molecular weight excluding hydrogens is 411 g/mol. The minimum absolute atomic E-state index is 0.00200. The minimum atomic E-state index is 0.00200. The lowest BCUT2D eigenvalue weighted by Gasteiger charge is -2.32. The van der Waals surface area contributed by atoms with E-state index in [9.17, 15) is 0 Å². The van der Waals surface area contributed by atoms with Gasteiger partial charge in [-0.25, -0.2) is 4.68 Å². The fraction of sp³-hybridized carbons (Fsp3) is 0.176. The van der Waals surface area contributed by atoms with E-state index in [0.717, 1.165) is 22.4 Å². The molecule has 1 aliphatic rings. The van der Waals surface area contributed by atoms with Crippen LogP contribution in [0.3, 0.4) is 0 Å². The Morgan fingerprint density at radius 2 is 1.92 bits per heavy atom. The summed E-state index contributed by atoms with van der Waals surface area (Å²) in [4.78, 5) is 4.34. The topological polar surface area (TPSA) is 42.7 Å². The second kappa shape index (κ2) is 6.39. The van der Waals surface area contributed by atoms with Gasteiger partial charge < -0.3 is 5.32 Å². The maximum Gasteiger partial charge on any atom is 0.222 e. The third-order valence-electron chi connectivity index (χ3n) is 4.22. The summed E-state index contributed by atoms with van der Waals surface area (Å²) in [5, 5.41) is 9.08. The number of aromatic nitrogens is 3. The zero-order chi connectivity index (χ0) is 16.7. The summed E-state index contributed by atoms with van der Waals surface area (Å²) >= 11 is 16.0. The molecule has 1 N–H and O–H groups in total. The van der Waals surface area contributed by atoms with E-state index < -0.39 is 0 Å². The molecule has 1 aromatic heterocycles. The average molecular weight is 424 g/mol. The van der Waals surface area contributed by atoms with Crippen molar-refractivity contribution in [1.29, 1.82) is 0 Å². The highest BCUT2D eigenvalue weighted by atomic mass is 79.9. The van der Waals surface area contributed by atoms with Crippen molar-refractivity contribution in [3.05, 3.63) is 74.4 Å². The zero-order valence-electron chi connectivity index (χ0n) is 12.5. The standard InChI is InChI=1S/C17H13BrCl2N4/c18-11-3-1-10(2-4-11)15-8-16(24-17(23-15)21-9-22-24)13-6-5-12(19)7-14(13)20/h1-7,9,15-16H,8H2,(H,21,22,23)/t15-,16-/m1/s1. The van der Waals surface area contributed by atoms with Crippen molar-refractivity contribution >= 4 is 45.1 Å². The summed E-state index contributed by atoms with van der Waals surface area (Å²) in [6.07, 6.45) is 2.38. The first-order chi connectivity index (χ1) is 11.6. The molecule has 0 saturated carbocycles. The number of hydrogen-bond acceptors (Lipinski definition) is 3. The molecule has 0 amide bonds. The lowest BCUT2D eigenvalue weighted by Crippen LogP contribution is -2.28. The van der Waals surface area contributed by atoms with Crippen molar-refractivity contribution in [2.24, 2.45) is 0 Å². The number of anilines is 1. The van der Waals surface area contributed by atoms with Crippen LogP contribution in [0.2, 0.25) is 10.0 Å². The van der Waals surface area contributed by atoms with Gasteiger partial charge in [0.2, 0.25) is 5.95 Å². The van der Waals surface area contributed by atoms with Gasteiger partial charge in [-0.05, 0) is 41.8 Å². The van der Waals surface area contributed by atoms with Gasteiger partial charge in [-0.3, -0.25) is 0 Å². The van der Waals surface area contributed by atoms with E-state index in [4.69, 9.17) is 23.2 Å². The largest absolute Gasteiger partial charge is 0.348 e. The molecule has 0 unspecified atom stereocenters. The molecule has 24 heavy (non-hydrogen) atoms. The highest BCUT2D eigenvalue weighted by Gasteiger charge is 2.31. The fourth-order valence-corrected chi connectivity index (χ4v) is 3.86. The van der Waals surface area contributed by atoms with Crippen molar-refractivity contribution in [3.63, 3.8) is 0 Å². The summed E-state index contributed by atoms with van der Waals surface area (Å²) in [5.74, 6) is 0.741. The van der Waals surface area contributed by atoms with Gasteiger partial charge in [0.25, 0.3) is 0 Å². The molecule has 0 spiro atoms.